The van der Waals surface area contributed by atoms with Crippen LogP contribution in [0.4, 0.5) is 5.69 Å². The van der Waals surface area contributed by atoms with E-state index < -0.39 is 0 Å². The number of rotatable bonds is 4. The number of fused-ring (bicyclic) bond motifs is 1. The average molecular weight is 440 g/mol. The molecule has 134 valence electrons. The van der Waals surface area contributed by atoms with Gasteiger partial charge in [0.15, 0.2) is 11.5 Å². The third-order valence-corrected chi connectivity index (χ3v) is 5.29. The number of hydrogen-bond donors (Lipinski definition) is 1. The van der Waals surface area contributed by atoms with Crippen LogP contribution in [0.2, 0.25) is 0 Å². The molecule has 0 radical (unpaired) electrons. The lowest BCUT2D eigenvalue weighted by Gasteiger charge is -2.09. The van der Waals surface area contributed by atoms with E-state index in [2.05, 4.69) is 31.2 Å². The topological polar surface area (TPSA) is 68.0 Å². The number of nitrogens with zero attached hydrogens (tertiary/aromatic N) is 2. The van der Waals surface area contributed by atoms with Gasteiger partial charge in [-0.05, 0) is 58.4 Å². The molecular weight excluding hydrogens is 426 g/mol. The molecule has 0 saturated carbocycles. The van der Waals surface area contributed by atoms with Gasteiger partial charge in [0.1, 0.15) is 10.5 Å². The first-order valence-corrected chi connectivity index (χ1v) is 9.76. The second-order valence-electron chi connectivity index (χ2n) is 5.78. The van der Waals surface area contributed by atoms with E-state index >= 15 is 0 Å². The molecule has 0 aliphatic carbocycles. The summed E-state index contributed by atoms with van der Waals surface area (Å²) in [4.78, 5) is 22.3. The minimum absolute atomic E-state index is 0.185. The molecule has 1 amide bonds. The Morgan fingerprint density at radius 1 is 1.15 bits per heavy atom. The molecule has 0 spiro atoms. The van der Waals surface area contributed by atoms with Crippen molar-refractivity contribution in [3.63, 3.8) is 0 Å². The van der Waals surface area contributed by atoms with Crippen LogP contribution >= 0.6 is 27.7 Å². The molecule has 2 aromatic carbocycles. The fourth-order valence-electron chi connectivity index (χ4n) is 2.60. The number of anilines is 1. The number of pyridine rings is 1. The molecule has 5 nitrogen and oxygen atoms in total. The molecule has 0 aliphatic heterocycles. The minimum atomic E-state index is -0.185. The molecule has 4 rings (SSSR count). The second kappa shape index (κ2) is 7.54. The molecule has 0 unspecified atom stereocenters. The molecule has 0 bridgehead atoms. The highest BCUT2D eigenvalue weighted by atomic mass is 79.9. The van der Waals surface area contributed by atoms with Crippen molar-refractivity contribution in [1.82, 2.24) is 9.97 Å². The standard InChI is InChI=1S/C20H14BrN3O2S/c1-12-23-16-10-14(7-8-17(16)26-12)24-20(25)15-4-2-3-5-18(15)27-19-9-6-13(21)11-22-19/h2-11H,1H3,(H,24,25). The minimum Gasteiger partial charge on any atom is -0.441 e. The maximum absolute atomic E-state index is 12.8. The lowest BCUT2D eigenvalue weighted by atomic mass is 10.2. The van der Waals surface area contributed by atoms with E-state index in [9.17, 15) is 4.79 Å². The van der Waals surface area contributed by atoms with E-state index in [0.29, 0.717) is 28.2 Å². The summed E-state index contributed by atoms with van der Waals surface area (Å²) in [5.74, 6) is 0.409. The highest BCUT2D eigenvalue weighted by Gasteiger charge is 2.13. The smallest absolute Gasteiger partial charge is 0.256 e. The molecule has 2 aromatic heterocycles. The van der Waals surface area contributed by atoms with Crippen molar-refractivity contribution in [2.75, 3.05) is 5.32 Å². The van der Waals surface area contributed by atoms with Gasteiger partial charge in [-0.2, -0.15) is 0 Å². The Labute approximate surface area is 168 Å². The van der Waals surface area contributed by atoms with Crippen LogP contribution in [0.1, 0.15) is 16.2 Å². The van der Waals surface area contributed by atoms with Crippen LogP contribution in [0.15, 0.2) is 79.6 Å². The van der Waals surface area contributed by atoms with Crippen molar-refractivity contribution in [1.29, 1.82) is 0 Å². The van der Waals surface area contributed by atoms with Crippen molar-refractivity contribution in [3.05, 3.63) is 76.7 Å². The van der Waals surface area contributed by atoms with Crippen LogP contribution in [0.3, 0.4) is 0 Å². The monoisotopic (exact) mass is 439 g/mol. The van der Waals surface area contributed by atoms with Crippen LogP contribution in [0.25, 0.3) is 11.1 Å². The van der Waals surface area contributed by atoms with Crippen LogP contribution in [-0.2, 0) is 0 Å². The number of nitrogens with one attached hydrogen (secondary N) is 1. The Morgan fingerprint density at radius 3 is 2.81 bits per heavy atom. The molecule has 4 aromatic rings. The van der Waals surface area contributed by atoms with Gasteiger partial charge in [-0.15, -0.1) is 0 Å². The second-order valence-corrected chi connectivity index (χ2v) is 7.76. The zero-order valence-electron chi connectivity index (χ0n) is 14.3. The Morgan fingerprint density at radius 2 is 2.00 bits per heavy atom. The van der Waals surface area contributed by atoms with Crippen molar-refractivity contribution in [3.8, 4) is 0 Å². The summed E-state index contributed by atoms with van der Waals surface area (Å²) in [5, 5.41) is 3.75. The van der Waals surface area contributed by atoms with E-state index in [0.717, 1.165) is 14.4 Å². The first kappa shape index (κ1) is 17.8. The lowest BCUT2D eigenvalue weighted by molar-refractivity contribution is 0.102. The predicted octanol–water partition coefficient (Wildman–Crippen LogP) is 5.70. The Kier molecular flexibility index (Phi) is 4.96. The number of aryl methyl sites for hydroxylation is 1. The summed E-state index contributed by atoms with van der Waals surface area (Å²) < 4.78 is 6.38. The summed E-state index contributed by atoms with van der Waals surface area (Å²) in [7, 11) is 0. The summed E-state index contributed by atoms with van der Waals surface area (Å²) in [6.07, 6.45) is 1.74. The van der Waals surface area contributed by atoms with E-state index in [4.69, 9.17) is 4.42 Å². The van der Waals surface area contributed by atoms with E-state index in [1.165, 1.54) is 11.8 Å². The first-order chi connectivity index (χ1) is 13.1. The molecule has 1 N–H and O–H groups in total. The number of hydrogen-bond acceptors (Lipinski definition) is 5. The van der Waals surface area contributed by atoms with E-state index in [1.54, 1.807) is 37.4 Å². The van der Waals surface area contributed by atoms with Crippen molar-refractivity contribution < 1.29 is 9.21 Å². The number of carbonyl (C=O) groups is 1. The van der Waals surface area contributed by atoms with Gasteiger partial charge in [-0.3, -0.25) is 4.79 Å². The molecule has 0 saturated heterocycles. The number of amides is 1. The van der Waals surface area contributed by atoms with E-state index in [1.807, 2.05) is 30.3 Å². The Bertz CT molecular complexity index is 1130. The molecule has 0 aliphatic rings. The van der Waals surface area contributed by atoms with Gasteiger partial charge in [0, 0.05) is 28.2 Å². The Hall–Kier alpha value is -2.64. The SMILES string of the molecule is Cc1nc2cc(NC(=O)c3ccccc3Sc3ccc(Br)cn3)ccc2o1. The molecule has 7 heteroatoms. The quantitative estimate of drug-likeness (QED) is 0.441. The molecule has 27 heavy (non-hydrogen) atoms. The number of carbonyl (C=O) groups excluding carboxylic acids is 1. The van der Waals surface area contributed by atoms with Crippen molar-refractivity contribution >= 4 is 50.4 Å². The summed E-state index contributed by atoms with van der Waals surface area (Å²) in [6.45, 7) is 1.79. The zero-order valence-corrected chi connectivity index (χ0v) is 16.7. The van der Waals surface area contributed by atoms with E-state index in [-0.39, 0.29) is 5.91 Å². The van der Waals surface area contributed by atoms with Crippen LogP contribution < -0.4 is 5.32 Å². The van der Waals surface area contributed by atoms with Crippen LogP contribution in [0.5, 0.6) is 0 Å². The van der Waals surface area contributed by atoms with Gasteiger partial charge in [-0.25, -0.2) is 9.97 Å². The average Bonchev–Trinajstić information content (AvgIpc) is 3.03. The Balaban J connectivity index is 1.58. The van der Waals surface area contributed by atoms with Crippen LogP contribution in [-0.4, -0.2) is 15.9 Å². The normalized spacial score (nSPS) is 10.9. The summed E-state index contributed by atoms with van der Waals surface area (Å²) >= 11 is 4.82. The summed E-state index contributed by atoms with van der Waals surface area (Å²) in [6, 6.07) is 16.7. The van der Waals surface area contributed by atoms with Crippen molar-refractivity contribution in [2.24, 2.45) is 0 Å². The van der Waals surface area contributed by atoms with Crippen molar-refractivity contribution in [2.45, 2.75) is 16.8 Å². The molecule has 0 fully saturated rings. The largest absolute Gasteiger partial charge is 0.441 e. The van der Waals surface area contributed by atoms with Gasteiger partial charge in [0.2, 0.25) is 0 Å². The maximum atomic E-state index is 12.8. The number of benzene rings is 2. The molecule has 0 atom stereocenters. The van der Waals surface area contributed by atoms with Gasteiger partial charge >= 0.3 is 0 Å². The van der Waals surface area contributed by atoms with Gasteiger partial charge in [-0.1, -0.05) is 23.9 Å². The first-order valence-electron chi connectivity index (χ1n) is 8.15. The highest BCUT2D eigenvalue weighted by molar-refractivity contribution is 9.10. The van der Waals surface area contributed by atoms with Crippen LogP contribution in [0, 0.1) is 6.92 Å². The highest BCUT2D eigenvalue weighted by Crippen LogP contribution is 2.30. The third kappa shape index (κ3) is 4.04. The number of halogens is 1. The van der Waals surface area contributed by atoms with Gasteiger partial charge in [0.05, 0.1) is 5.56 Å². The maximum Gasteiger partial charge on any atom is 0.256 e. The van der Waals surface area contributed by atoms with Gasteiger partial charge < -0.3 is 9.73 Å². The zero-order chi connectivity index (χ0) is 18.8. The van der Waals surface area contributed by atoms with Gasteiger partial charge in [0.25, 0.3) is 5.91 Å². The molecular formula is C20H14BrN3O2S. The number of oxazole rings is 1. The lowest BCUT2D eigenvalue weighted by Crippen LogP contribution is -2.12. The summed E-state index contributed by atoms with van der Waals surface area (Å²) in [5.41, 5.74) is 2.67. The predicted molar refractivity (Wildman–Crippen MR) is 109 cm³/mol. The number of aromatic nitrogens is 2. The fraction of sp³-hybridized carbons (Fsp3) is 0.0500. The fourth-order valence-corrected chi connectivity index (χ4v) is 3.72. The molecule has 2 heterocycles. The third-order valence-electron chi connectivity index (χ3n) is 3.80.